The molecule has 1 saturated carbocycles. The third-order valence-corrected chi connectivity index (χ3v) is 9.25. The second-order valence-electron chi connectivity index (χ2n) is 9.88. The van der Waals surface area contributed by atoms with Crippen LogP contribution in [0.4, 0.5) is 13.2 Å². The van der Waals surface area contributed by atoms with Crippen LogP contribution in [0.2, 0.25) is 5.02 Å². The molecule has 1 aromatic heterocycles. The zero-order valence-electron chi connectivity index (χ0n) is 20.9. The van der Waals surface area contributed by atoms with E-state index in [0.717, 1.165) is 61.3 Å². The predicted molar refractivity (Wildman–Crippen MR) is 136 cm³/mol. The quantitative estimate of drug-likeness (QED) is 0.410. The summed E-state index contributed by atoms with van der Waals surface area (Å²) in [5, 5.41) is 8.02. The summed E-state index contributed by atoms with van der Waals surface area (Å²) in [4.78, 5) is 15.7. The van der Waals surface area contributed by atoms with Crippen LogP contribution in [0.15, 0.2) is 59.8 Å². The van der Waals surface area contributed by atoms with E-state index in [0.29, 0.717) is 10.6 Å². The zero-order valence-corrected chi connectivity index (χ0v) is 22.5. The van der Waals surface area contributed by atoms with Crippen LogP contribution in [0.5, 0.6) is 0 Å². The van der Waals surface area contributed by atoms with E-state index in [1.165, 1.54) is 11.7 Å². The highest BCUT2D eigenvalue weighted by atomic mass is 35.5. The van der Waals surface area contributed by atoms with Crippen molar-refractivity contribution in [2.24, 2.45) is 7.05 Å². The molecule has 208 valence electrons. The Morgan fingerprint density at radius 1 is 1.23 bits per heavy atom. The summed E-state index contributed by atoms with van der Waals surface area (Å²) in [5.74, 6) is -2.64. The summed E-state index contributed by atoms with van der Waals surface area (Å²) in [6, 6.07) is 12.9. The molecule has 0 radical (unpaired) electrons. The van der Waals surface area contributed by atoms with E-state index in [2.05, 4.69) is 15.3 Å². The first-order chi connectivity index (χ1) is 18.4. The average Bonchev–Trinajstić information content (AvgIpc) is 3.31. The van der Waals surface area contributed by atoms with E-state index in [-0.39, 0.29) is 15.9 Å². The molecule has 1 aliphatic heterocycles. The number of nitrogens with zero attached hydrogens (tertiary/aromatic N) is 3. The zero-order chi connectivity index (χ0) is 28.0. The molecule has 1 N–H and O–H groups in total. The van der Waals surface area contributed by atoms with E-state index in [9.17, 15) is 26.4 Å². The van der Waals surface area contributed by atoms with Gasteiger partial charge in [-0.05, 0) is 64.7 Å². The molecule has 0 amide bonds. The van der Waals surface area contributed by atoms with Crippen LogP contribution in [0.25, 0.3) is 0 Å². The monoisotopic (exact) mass is 582 g/mol. The molecule has 39 heavy (non-hydrogen) atoms. The van der Waals surface area contributed by atoms with Crippen LogP contribution < -0.4 is 5.32 Å². The third kappa shape index (κ3) is 5.30. The highest BCUT2D eigenvalue weighted by Gasteiger charge is 2.48. The number of hydroxylamine groups is 1. The first-order valence-electron chi connectivity index (χ1n) is 12.3. The van der Waals surface area contributed by atoms with Crippen molar-refractivity contribution in [3.05, 3.63) is 82.1 Å². The van der Waals surface area contributed by atoms with Crippen LogP contribution in [0.1, 0.15) is 47.6 Å². The van der Waals surface area contributed by atoms with Gasteiger partial charge in [0.1, 0.15) is 4.90 Å². The van der Waals surface area contributed by atoms with Gasteiger partial charge in [0.25, 0.3) is 10.0 Å². The Morgan fingerprint density at radius 2 is 1.95 bits per heavy atom. The summed E-state index contributed by atoms with van der Waals surface area (Å²) in [5.41, 5.74) is 3.30. The number of carbonyl (C=O) groups is 1. The van der Waals surface area contributed by atoms with E-state index in [1.807, 2.05) is 30.3 Å². The summed E-state index contributed by atoms with van der Waals surface area (Å²) in [7, 11) is -3.20. The fourth-order valence-electron chi connectivity index (χ4n) is 5.39. The minimum atomic E-state index is -5.39. The van der Waals surface area contributed by atoms with Crippen molar-refractivity contribution in [1.29, 1.82) is 0 Å². The van der Waals surface area contributed by atoms with Crippen LogP contribution in [0, 0.1) is 0 Å². The summed E-state index contributed by atoms with van der Waals surface area (Å²) in [6.45, 7) is 0.129. The molecule has 5 rings (SSSR count). The highest BCUT2D eigenvalue weighted by Crippen LogP contribution is 2.53. The lowest BCUT2D eigenvalue weighted by molar-refractivity contribution is -0.223. The lowest BCUT2D eigenvalue weighted by atomic mass is 9.58. The topological polar surface area (TPSA) is 93.5 Å². The van der Waals surface area contributed by atoms with Gasteiger partial charge < -0.3 is 10.2 Å². The molecule has 0 saturated heterocycles. The number of benzene rings is 2. The Hall–Kier alpha value is -2.93. The summed E-state index contributed by atoms with van der Waals surface area (Å²) < 4.78 is 66.8. The molecule has 0 spiro atoms. The van der Waals surface area contributed by atoms with E-state index >= 15 is 0 Å². The first kappa shape index (κ1) is 27.6. The minimum Gasteiger partial charge on any atom is -0.345 e. The standard InChI is InChI=1S/C26H26ClF3N4O4S/c1-33-16-21(14-32-33)39(36,37)34(38-24(35)26(28,29)30)15-17-3-4-18-9-12-31-23(22(18)13-17)25(10-2-11-25)19-5-7-20(27)8-6-19/h3-8,13-14,16,23,31H,2,9-12,15H2,1H3. The summed E-state index contributed by atoms with van der Waals surface area (Å²) >= 11 is 6.12. The molecule has 2 aliphatic rings. The maximum absolute atomic E-state index is 13.2. The Labute approximate surface area is 228 Å². The Kier molecular flexibility index (Phi) is 7.25. The van der Waals surface area contributed by atoms with Crippen LogP contribution >= 0.6 is 11.6 Å². The van der Waals surface area contributed by atoms with Gasteiger partial charge in [-0.3, -0.25) is 4.68 Å². The molecule has 0 bridgehead atoms. The van der Waals surface area contributed by atoms with Crippen molar-refractivity contribution in [2.75, 3.05) is 6.54 Å². The lowest BCUT2D eigenvalue weighted by Crippen LogP contribution is -2.49. The maximum atomic E-state index is 13.2. The molecule has 1 unspecified atom stereocenters. The fourth-order valence-corrected chi connectivity index (χ4v) is 6.70. The number of rotatable bonds is 7. The molecule has 8 nitrogen and oxygen atoms in total. The molecule has 2 heterocycles. The number of hydrogen-bond acceptors (Lipinski definition) is 6. The van der Waals surface area contributed by atoms with Crippen molar-refractivity contribution >= 4 is 27.6 Å². The lowest BCUT2D eigenvalue weighted by Gasteiger charge is -2.50. The average molecular weight is 583 g/mol. The van der Waals surface area contributed by atoms with Gasteiger partial charge in [-0.2, -0.15) is 18.3 Å². The van der Waals surface area contributed by atoms with Gasteiger partial charge in [0.15, 0.2) is 0 Å². The summed E-state index contributed by atoms with van der Waals surface area (Å²) in [6.07, 6.45) is 0.347. The first-order valence-corrected chi connectivity index (χ1v) is 14.1. The van der Waals surface area contributed by atoms with E-state index in [4.69, 9.17) is 11.6 Å². The fraction of sp³-hybridized carbons (Fsp3) is 0.385. The van der Waals surface area contributed by atoms with Gasteiger partial charge in [0, 0.05) is 29.7 Å². The second-order valence-corrected chi connectivity index (χ2v) is 12.1. The van der Waals surface area contributed by atoms with Gasteiger partial charge in [-0.1, -0.05) is 48.4 Å². The molecular formula is C26H26ClF3N4O4S. The number of halogens is 4. The van der Waals surface area contributed by atoms with Gasteiger partial charge in [-0.25, -0.2) is 13.2 Å². The highest BCUT2D eigenvalue weighted by molar-refractivity contribution is 7.89. The van der Waals surface area contributed by atoms with E-state index < -0.39 is 33.6 Å². The van der Waals surface area contributed by atoms with Gasteiger partial charge in [-0.15, -0.1) is 0 Å². The second kappa shape index (κ2) is 10.2. The molecular weight excluding hydrogens is 557 g/mol. The van der Waals surface area contributed by atoms with Crippen molar-refractivity contribution in [2.45, 2.75) is 54.8 Å². The number of fused-ring (bicyclic) bond motifs is 1. The molecule has 2 aromatic carbocycles. The Bertz CT molecular complexity index is 1490. The predicted octanol–water partition coefficient (Wildman–Crippen LogP) is 4.59. The number of carbonyl (C=O) groups excluding carboxylic acids is 1. The number of nitrogens with one attached hydrogen (secondary N) is 1. The van der Waals surface area contributed by atoms with Crippen molar-refractivity contribution in [3.8, 4) is 0 Å². The number of aryl methyl sites for hydroxylation is 1. The van der Waals surface area contributed by atoms with Gasteiger partial charge in [0.2, 0.25) is 0 Å². The normalized spacial score (nSPS) is 18.9. The van der Waals surface area contributed by atoms with Gasteiger partial charge in [0.05, 0.1) is 12.7 Å². The van der Waals surface area contributed by atoms with Crippen molar-refractivity contribution in [1.82, 2.24) is 19.6 Å². The van der Waals surface area contributed by atoms with Crippen molar-refractivity contribution < 1.29 is 31.2 Å². The van der Waals surface area contributed by atoms with Crippen LogP contribution in [0.3, 0.4) is 0 Å². The van der Waals surface area contributed by atoms with Crippen LogP contribution in [-0.2, 0) is 45.1 Å². The molecule has 1 atom stereocenters. The minimum absolute atomic E-state index is 0.0745. The largest absolute Gasteiger partial charge is 0.492 e. The van der Waals surface area contributed by atoms with Crippen LogP contribution in [-0.4, -0.2) is 41.4 Å². The maximum Gasteiger partial charge on any atom is 0.492 e. The third-order valence-electron chi connectivity index (χ3n) is 7.46. The molecule has 1 fully saturated rings. The molecule has 1 aliphatic carbocycles. The molecule has 13 heteroatoms. The van der Waals surface area contributed by atoms with Crippen molar-refractivity contribution in [3.63, 3.8) is 0 Å². The Morgan fingerprint density at radius 3 is 2.54 bits per heavy atom. The number of alkyl halides is 3. The number of aromatic nitrogens is 2. The Balaban J connectivity index is 1.51. The smallest absolute Gasteiger partial charge is 0.345 e. The number of hydrogen-bond donors (Lipinski definition) is 1. The SMILES string of the molecule is Cn1cc(S(=O)(=O)N(Cc2ccc3c(c2)C(C2(c4ccc(Cl)cc4)CCC2)NCC3)OC(=O)C(F)(F)F)cn1. The molecule has 3 aromatic rings. The number of sulfonamides is 1. The van der Waals surface area contributed by atoms with E-state index in [1.54, 1.807) is 12.1 Å². The van der Waals surface area contributed by atoms with Gasteiger partial charge >= 0.3 is 12.1 Å².